The summed E-state index contributed by atoms with van der Waals surface area (Å²) >= 11 is 7.26. The molecule has 1 amide bonds. The molecule has 0 radical (unpaired) electrons. The Morgan fingerprint density at radius 1 is 1.20 bits per heavy atom. The van der Waals surface area contributed by atoms with Crippen LogP contribution in [0.4, 0.5) is 5.69 Å². The second-order valence-corrected chi connectivity index (χ2v) is 8.43. The van der Waals surface area contributed by atoms with Crippen molar-refractivity contribution in [3.8, 4) is 0 Å². The monoisotopic (exact) mass is 452 g/mol. The predicted octanol–water partition coefficient (Wildman–Crippen LogP) is 4.51. The highest BCUT2D eigenvalue weighted by Crippen LogP contribution is 2.29. The van der Waals surface area contributed by atoms with Crippen molar-refractivity contribution in [1.82, 2.24) is 15.7 Å². The first-order chi connectivity index (χ1) is 14.5. The van der Waals surface area contributed by atoms with Gasteiger partial charge in [0.15, 0.2) is 5.11 Å². The van der Waals surface area contributed by atoms with Crippen LogP contribution in [0, 0.1) is 0 Å². The van der Waals surface area contributed by atoms with E-state index in [1.807, 2.05) is 18.2 Å². The number of carbonyl (C=O) groups is 1. The molecule has 1 rings (SSSR count). The summed E-state index contributed by atoms with van der Waals surface area (Å²) in [5.74, 6) is 0.418. The van der Waals surface area contributed by atoms with Crippen LogP contribution in [0.2, 0.25) is 0 Å². The Balaban J connectivity index is 2.80. The van der Waals surface area contributed by atoms with Gasteiger partial charge in [0.2, 0.25) is 0 Å². The molecule has 0 atom stereocenters. The molecule has 0 saturated heterocycles. The SMILES string of the molecule is CCCCCCNC(=S)Nc1cc(/C=C/C(=O)NO)ccc1SCCN(CC)CC. The van der Waals surface area contributed by atoms with Crippen LogP contribution in [0.3, 0.4) is 0 Å². The van der Waals surface area contributed by atoms with Gasteiger partial charge in [0.25, 0.3) is 5.91 Å². The smallest absolute Gasteiger partial charge is 0.267 e. The van der Waals surface area contributed by atoms with Crippen molar-refractivity contribution in [2.75, 3.05) is 37.2 Å². The summed E-state index contributed by atoms with van der Waals surface area (Å²) in [4.78, 5) is 14.8. The second-order valence-electron chi connectivity index (χ2n) is 6.88. The molecule has 168 valence electrons. The summed E-state index contributed by atoms with van der Waals surface area (Å²) in [6.07, 6.45) is 7.70. The molecular weight excluding hydrogens is 416 g/mol. The lowest BCUT2D eigenvalue weighted by Crippen LogP contribution is -2.29. The van der Waals surface area contributed by atoms with Gasteiger partial charge in [-0.1, -0.05) is 46.1 Å². The van der Waals surface area contributed by atoms with Crippen molar-refractivity contribution >= 4 is 46.8 Å². The molecule has 0 saturated carbocycles. The fourth-order valence-electron chi connectivity index (χ4n) is 2.83. The standard InChI is InChI=1S/C22H36N4O2S2/c1-4-7-8-9-14-23-22(29)24-19-17-18(11-13-21(27)25-28)10-12-20(19)30-16-15-26(5-2)6-3/h10-13,17,28H,4-9,14-16H2,1-3H3,(H,25,27)(H2,23,24,29)/b13-11+. The summed E-state index contributed by atoms with van der Waals surface area (Å²) in [6, 6.07) is 5.95. The number of nitrogens with one attached hydrogen (secondary N) is 3. The number of carbonyl (C=O) groups excluding carboxylic acids is 1. The van der Waals surface area contributed by atoms with Crippen molar-refractivity contribution < 1.29 is 10.0 Å². The summed E-state index contributed by atoms with van der Waals surface area (Å²) in [6.45, 7) is 10.5. The number of benzene rings is 1. The molecule has 0 aromatic heterocycles. The van der Waals surface area contributed by atoms with Crippen molar-refractivity contribution in [2.24, 2.45) is 0 Å². The molecule has 0 bridgehead atoms. The summed E-state index contributed by atoms with van der Waals surface area (Å²) in [7, 11) is 0. The Bertz CT molecular complexity index is 679. The number of hydroxylamine groups is 1. The fourth-order valence-corrected chi connectivity index (χ4v) is 4.04. The van der Waals surface area contributed by atoms with Gasteiger partial charge in [-0.2, -0.15) is 0 Å². The van der Waals surface area contributed by atoms with Gasteiger partial charge in [0, 0.05) is 29.8 Å². The molecule has 0 aliphatic rings. The van der Waals surface area contributed by atoms with Crippen LogP contribution in [0.1, 0.15) is 52.0 Å². The normalized spacial score (nSPS) is 11.1. The molecular formula is C22H36N4O2S2. The maximum absolute atomic E-state index is 11.3. The molecule has 0 fully saturated rings. The van der Waals surface area contributed by atoms with Crippen LogP contribution >= 0.6 is 24.0 Å². The van der Waals surface area contributed by atoms with Crippen molar-refractivity contribution in [3.63, 3.8) is 0 Å². The molecule has 1 aromatic carbocycles. The highest BCUT2D eigenvalue weighted by Gasteiger charge is 2.08. The lowest BCUT2D eigenvalue weighted by atomic mass is 10.2. The summed E-state index contributed by atoms with van der Waals surface area (Å²) in [5, 5.41) is 15.8. The van der Waals surface area contributed by atoms with Crippen LogP contribution in [-0.2, 0) is 4.79 Å². The van der Waals surface area contributed by atoms with E-state index < -0.39 is 5.91 Å². The average Bonchev–Trinajstić information content (AvgIpc) is 2.76. The first-order valence-corrected chi connectivity index (χ1v) is 12.1. The van der Waals surface area contributed by atoms with Crippen molar-refractivity contribution in [1.29, 1.82) is 0 Å². The van der Waals surface area contributed by atoms with Crippen LogP contribution in [-0.4, -0.2) is 53.1 Å². The molecule has 0 heterocycles. The molecule has 0 unspecified atom stereocenters. The van der Waals surface area contributed by atoms with Crippen LogP contribution < -0.4 is 16.1 Å². The van der Waals surface area contributed by atoms with Crippen LogP contribution in [0.5, 0.6) is 0 Å². The molecule has 0 aliphatic carbocycles. The summed E-state index contributed by atoms with van der Waals surface area (Å²) < 4.78 is 0. The van der Waals surface area contributed by atoms with Gasteiger partial charge in [-0.25, -0.2) is 5.48 Å². The molecule has 0 aliphatic heterocycles. The molecule has 1 aromatic rings. The van der Waals surface area contributed by atoms with E-state index in [9.17, 15) is 4.79 Å². The van der Waals surface area contributed by atoms with E-state index in [1.165, 1.54) is 25.3 Å². The lowest BCUT2D eigenvalue weighted by Gasteiger charge is -2.19. The topological polar surface area (TPSA) is 76.6 Å². The first kappa shape index (κ1) is 26.4. The molecule has 0 spiro atoms. The van der Waals surface area contributed by atoms with Crippen molar-refractivity contribution in [3.05, 3.63) is 29.8 Å². The third kappa shape index (κ3) is 11.0. The Morgan fingerprint density at radius 2 is 1.97 bits per heavy atom. The fraction of sp³-hybridized carbons (Fsp3) is 0.545. The molecule has 8 heteroatoms. The number of thioether (sulfide) groups is 1. The highest BCUT2D eigenvalue weighted by atomic mass is 32.2. The third-order valence-electron chi connectivity index (χ3n) is 4.66. The Labute approximate surface area is 190 Å². The minimum Gasteiger partial charge on any atom is -0.362 e. The van der Waals surface area contributed by atoms with E-state index in [0.717, 1.165) is 54.5 Å². The zero-order chi connectivity index (χ0) is 22.2. The lowest BCUT2D eigenvalue weighted by molar-refractivity contribution is -0.124. The molecule has 6 nitrogen and oxygen atoms in total. The van der Waals surface area contributed by atoms with Gasteiger partial charge >= 0.3 is 0 Å². The van der Waals surface area contributed by atoms with Gasteiger partial charge < -0.3 is 15.5 Å². The van der Waals surface area contributed by atoms with Gasteiger partial charge in [0.1, 0.15) is 0 Å². The maximum Gasteiger partial charge on any atom is 0.267 e. The Morgan fingerprint density at radius 3 is 2.63 bits per heavy atom. The van der Waals surface area contributed by atoms with E-state index in [4.69, 9.17) is 17.4 Å². The number of amides is 1. The number of unbranched alkanes of at least 4 members (excludes halogenated alkanes) is 3. The number of hydrogen-bond donors (Lipinski definition) is 4. The minimum atomic E-state index is -0.563. The predicted molar refractivity (Wildman–Crippen MR) is 132 cm³/mol. The average molecular weight is 453 g/mol. The van der Waals surface area contributed by atoms with E-state index in [2.05, 4.69) is 36.3 Å². The van der Waals surface area contributed by atoms with Gasteiger partial charge in [0.05, 0.1) is 5.69 Å². The quantitative estimate of drug-likeness (QED) is 0.0826. The van der Waals surface area contributed by atoms with Gasteiger partial charge in [-0.05, 0) is 55.5 Å². The van der Waals surface area contributed by atoms with Crippen molar-refractivity contribution in [2.45, 2.75) is 51.3 Å². The number of hydrogen-bond acceptors (Lipinski definition) is 5. The Hall–Kier alpha value is -1.61. The number of nitrogens with zero attached hydrogens (tertiary/aromatic N) is 1. The highest BCUT2D eigenvalue weighted by molar-refractivity contribution is 7.99. The minimum absolute atomic E-state index is 0.563. The zero-order valence-corrected chi connectivity index (χ0v) is 20.0. The largest absolute Gasteiger partial charge is 0.362 e. The van der Waals surface area contributed by atoms with Gasteiger partial charge in [-0.3, -0.25) is 10.0 Å². The zero-order valence-electron chi connectivity index (χ0n) is 18.4. The molecule has 30 heavy (non-hydrogen) atoms. The molecule has 4 N–H and O–H groups in total. The van der Waals surface area contributed by atoms with Crippen LogP contribution in [0.15, 0.2) is 29.2 Å². The van der Waals surface area contributed by atoms with E-state index in [-0.39, 0.29) is 0 Å². The number of rotatable bonds is 14. The maximum atomic E-state index is 11.3. The number of thiocarbonyl (C=S) groups is 1. The summed E-state index contributed by atoms with van der Waals surface area (Å²) in [5.41, 5.74) is 3.36. The van der Waals surface area contributed by atoms with E-state index in [1.54, 1.807) is 23.3 Å². The third-order valence-corrected chi connectivity index (χ3v) is 5.96. The first-order valence-electron chi connectivity index (χ1n) is 10.7. The van der Waals surface area contributed by atoms with E-state index in [0.29, 0.717) is 5.11 Å². The van der Waals surface area contributed by atoms with Gasteiger partial charge in [-0.15, -0.1) is 11.8 Å². The number of anilines is 1. The second kappa shape index (κ2) is 16.1. The van der Waals surface area contributed by atoms with E-state index >= 15 is 0 Å². The Kier molecular flexibility index (Phi) is 14.2. The van der Waals surface area contributed by atoms with Crippen LogP contribution in [0.25, 0.3) is 6.08 Å².